The molecule has 14 heavy (non-hydrogen) atoms. The van der Waals surface area contributed by atoms with E-state index in [4.69, 9.17) is 4.74 Å². The molecule has 1 aromatic heterocycles. The number of nitrogens with zero attached hydrogens (tertiary/aromatic N) is 1. The van der Waals surface area contributed by atoms with Crippen molar-refractivity contribution in [2.45, 2.75) is 13.0 Å². The Hall–Kier alpha value is -1.91. The van der Waals surface area contributed by atoms with E-state index in [1.165, 1.54) is 13.1 Å². The molecule has 5 nitrogen and oxygen atoms in total. The summed E-state index contributed by atoms with van der Waals surface area (Å²) in [6.45, 7) is 1.31. The highest BCUT2D eigenvalue weighted by atomic mass is 16.5. The smallest absolute Gasteiger partial charge is 0.274 e. The predicted octanol–water partition coefficient (Wildman–Crippen LogP) is 0.370. The van der Waals surface area contributed by atoms with E-state index in [0.29, 0.717) is 11.6 Å². The number of hydrogen-bond acceptors (Lipinski definition) is 4. The molecular weight excluding hydrogens is 184 g/mol. The highest BCUT2D eigenvalue weighted by Crippen LogP contribution is 2.26. The minimum Gasteiger partial charge on any atom is -0.469 e. The van der Waals surface area contributed by atoms with E-state index in [1.807, 2.05) is 0 Å². The molecule has 2 rings (SSSR count). The number of aromatic nitrogens is 1. The standard InChI is InChI=1S/C9H8N2O3/c1-5(12)7-9(13)11-8-6(14-7)3-2-4-10-8/h2-4,7H,1H3,(H,10,11,13). The van der Waals surface area contributed by atoms with Gasteiger partial charge >= 0.3 is 0 Å². The summed E-state index contributed by atoms with van der Waals surface area (Å²) in [5.41, 5.74) is 0. The number of nitrogens with one attached hydrogen (secondary N) is 1. The van der Waals surface area contributed by atoms with Gasteiger partial charge < -0.3 is 10.1 Å². The number of fused-ring (bicyclic) bond motifs is 1. The lowest BCUT2D eigenvalue weighted by atomic mass is 10.2. The second kappa shape index (κ2) is 3.10. The maximum Gasteiger partial charge on any atom is 0.274 e. The first-order chi connectivity index (χ1) is 6.68. The highest BCUT2D eigenvalue weighted by molar-refractivity contribution is 6.10. The van der Waals surface area contributed by atoms with Crippen LogP contribution in [0.25, 0.3) is 0 Å². The number of carbonyl (C=O) groups is 2. The molecule has 2 heterocycles. The van der Waals surface area contributed by atoms with Crippen LogP contribution in [0.1, 0.15) is 6.92 Å². The van der Waals surface area contributed by atoms with Crippen molar-refractivity contribution < 1.29 is 14.3 Å². The molecule has 72 valence electrons. The number of anilines is 1. The predicted molar refractivity (Wildman–Crippen MR) is 48.0 cm³/mol. The van der Waals surface area contributed by atoms with Crippen LogP contribution < -0.4 is 10.1 Å². The monoisotopic (exact) mass is 192 g/mol. The van der Waals surface area contributed by atoms with Crippen LogP contribution in [0.5, 0.6) is 5.75 Å². The average Bonchev–Trinajstić information content (AvgIpc) is 2.16. The van der Waals surface area contributed by atoms with Gasteiger partial charge in [-0.05, 0) is 19.1 Å². The van der Waals surface area contributed by atoms with E-state index in [-0.39, 0.29) is 5.78 Å². The van der Waals surface area contributed by atoms with E-state index in [0.717, 1.165) is 0 Å². The van der Waals surface area contributed by atoms with Crippen LogP contribution in [0.2, 0.25) is 0 Å². The molecule has 1 unspecified atom stereocenters. The Morgan fingerprint density at radius 2 is 2.43 bits per heavy atom. The zero-order valence-electron chi connectivity index (χ0n) is 7.48. The zero-order valence-corrected chi connectivity index (χ0v) is 7.48. The Bertz CT molecular complexity index is 403. The van der Waals surface area contributed by atoms with Gasteiger partial charge in [0, 0.05) is 6.20 Å². The van der Waals surface area contributed by atoms with Gasteiger partial charge in [-0.1, -0.05) is 0 Å². The molecule has 0 aromatic carbocycles. The molecule has 0 saturated heterocycles. The average molecular weight is 192 g/mol. The Morgan fingerprint density at radius 1 is 1.64 bits per heavy atom. The maximum atomic E-state index is 11.3. The van der Waals surface area contributed by atoms with Crippen LogP contribution >= 0.6 is 0 Å². The first-order valence-corrected chi connectivity index (χ1v) is 4.11. The van der Waals surface area contributed by atoms with Crippen molar-refractivity contribution in [3.8, 4) is 5.75 Å². The molecule has 1 amide bonds. The van der Waals surface area contributed by atoms with Crippen LogP contribution in [0, 0.1) is 0 Å². The van der Waals surface area contributed by atoms with E-state index in [2.05, 4.69) is 10.3 Å². The lowest BCUT2D eigenvalue weighted by Crippen LogP contribution is -2.42. The lowest BCUT2D eigenvalue weighted by molar-refractivity contribution is -0.134. The summed E-state index contributed by atoms with van der Waals surface area (Å²) >= 11 is 0. The molecule has 1 N–H and O–H groups in total. The minimum absolute atomic E-state index is 0.322. The Morgan fingerprint density at radius 3 is 3.14 bits per heavy atom. The molecule has 0 bridgehead atoms. The summed E-state index contributed by atoms with van der Waals surface area (Å²) in [4.78, 5) is 26.2. The number of carbonyl (C=O) groups excluding carboxylic acids is 2. The van der Waals surface area contributed by atoms with Crippen LogP contribution in [0.4, 0.5) is 5.82 Å². The van der Waals surface area contributed by atoms with Crippen LogP contribution in [-0.2, 0) is 9.59 Å². The van der Waals surface area contributed by atoms with Crippen LogP contribution in [0.15, 0.2) is 18.3 Å². The summed E-state index contributed by atoms with van der Waals surface area (Å²) in [5.74, 6) is -0.0111. The summed E-state index contributed by atoms with van der Waals surface area (Å²) in [7, 11) is 0. The Labute approximate surface area is 80.1 Å². The van der Waals surface area contributed by atoms with Crippen molar-refractivity contribution in [1.82, 2.24) is 4.98 Å². The quantitative estimate of drug-likeness (QED) is 0.653. The fourth-order valence-corrected chi connectivity index (χ4v) is 1.21. The Balaban J connectivity index is 2.36. The Kier molecular flexibility index (Phi) is 1.92. The molecule has 0 radical (unpaired) electrons. The van der Waals surface area contributed by atoms with Gasteiger partial charge in [0.1, 0.15) is 0 Å². The summed E-state index contributed by atoms with van der Waals surface area (Å²) in [5, 5.41) is 2.50. The molecule has 5 heteroatoms. The normalized spacial score (nSPS) is 19.2. The van der Waals surface area contributed by atoms with E-state index in [1.54, 1.807) is 12.1 Å². The molecule has 1 atom stereocenters. The SMILES string of the molecule is CC(=O)C1Oc2cccnc2NC1=O. The van der Waals surface area contributed by atoms with Gasteiger partial charge in [0.25, 0.3) is 5.91 Å². The fraction of sp³-hybridized carbons (Fsp3) is 0.222. The van der Waals surface area contributed by atoms with Gasteiger partial charge in [-0.2, -0.15) is 0 Å². The second-order valence-corrected chi connectivity index (χ2v) is 2.95. The lowest BCUT2D eigenvalue weighted by Gasteiger charge is -2.22. The molecular formula is C9H8N2O3. The number of rotatable bonds is 1. The van der Waals surface area contributed by atoms with Crippen molar-refractivity contribution in [3.63, 3.8) is 0 Å². The van der Waals surface area contributed by atoms with E-state index in [9.17, 15) is 9.59 Å². The molecule has 1 aromatic rings. The van der Waals surface area contributed by atoms with Crippen molar-refractivity contribution in [1.29, 1.82) is 0 Å². The summed E-state index contributed by atoms with van der Waals surface area (Å²) < 4.78 is 5.18. The minimum atomic E-state index is -1.05. The maximum absolute atomic E-state index is 11.3. The first-order valence-electron chi connectivity index (χ1n) is 4.11. The van der Waals surface area contributed by atoms with E-state index >= 15 is 0 Å². The summed E-state index contributed by atoms with van der Waals surface area (Å²) in [6.07, 6.45) is 0.489. The largest absolute Gasteiger partial charge is 0.469 e. The number of amides is 1. The second-order valence-electron chi connectivity index (χ2n) is 2.95. The van der Waals surface area contributed by atoms with Gasteiger partial charge in [-0.3, -0.25) is 9.59 Å². The molecule has 0 saturated carbocycles. The topological polar surface area (TPSA) is 68.3 Å². The molecule has 1 aliphatic rings. The van der Waals surface area contributed by atoms with Crippen molar-refractivity contribution in [3.05, 3.63) is 18.3 Å². The highest BCUT2D eigenvalue weighted by Gasteiger charge is 2.31. The third-order valence-electron chi connectivity index (χ3n) is 1.86. The molecule has 0 spiro atoms. The zero-order chi connectivity index (χ0) is 10.1. The number of ketones is 1. The van der Waals surface area contributed by atoms with Gasteiger partial charge in [-0.25, -0.2) is 4.98 Å². The molecule has 1 aliphatic heterocycles. The van der Waals surface area contributed by atoms with Gasteiger partial charge in [0.2, 0.25) is 6.10 Å². The number of ether oxygens (including phenoxy) is 1. The third-order valence-corrected chi connectivity index (χ3v) is 1.86. The number of Topliss-reactive ketones (excluding diaryl/α,β-unsaturated/α-hetero) is 1. The van der Waals surface area contributed by atoms with Gasteiger partial charge in [0.05, 0.1) is 0 Å². The van der Waals surface area contributed by atoms with Crippen molar-refractivity contribution in [2.75, 3.05) is 5.32 Å². The molecule has 0 aliphatic carbocycles. The first kappa shape index (κ1) is 8.68. The number of hydrogen-bond donors (Lipinski definition) is 1. The van der Waals surface area contributed by atoms with Gasteiger partial charge in [0.15, 0.2) is 17.4 Å². The van der Waals surface area contributed by atoms with Crippen molar-refractivity contribution >= 4 is 17.5 Å². The third kappa shape index (κ3) is 1.32. The summed E-state index contributed by atoms with van der Waals surface area (Å²) in [6, 6.07) is 3.32. The van der Waals surface area contributed by atoms with E-state index < -0.39 is 12.0 Å². The van der Waals surface area contributed by atoms with Crippen LogP contribution in [0.3, 0.4) is 0 Å². The van der Waals surface area contributed by atoms with Crippen LogP contribution in [-0.4, -0.2) is 22.8 Å². The number of pyridine rings is 1. The fourth-order valence-electron chi connectivity index (χ4n) is 1.21. The van der Waals surface area contributed by atoms with Crippen molar-refractivity contribution in [2.24, 2.45) is 0 Å². The van der Waals surface area contributed by atoms with Gasteiger partial charge in [-0.15, -0.1) is 0 Å². The molecule has 0 fully saturated rings.